The van der Waals surface area contributed by atoms with Crippen LogP contribution in [0.3, 0.4) is 0 Å². The van der Waals surface area contributed by atoms with Gasteiger partial charge in [-0.1, -0.05) is 18.2 Å². The van der Waals surface area contributed by atoms with Gasteiger partial charge in [-0.2, -0.15) is 5.10 Å². The summed E-state index contributed by atoms with van der Waals surface area (Å²) in [5.74, 6) is -0.952. The minimum Gasteiger partial charge on any atom is -0.478 e. The number of carbonyl (C=O) groups is 1. The van der Waals surface area contributed by atoms with Crippen LogP contribution in [-0.2, 0) is 0 Å². The fourth-order valence-electron chi connectivity index (χ4n) is 1.08. The topological polar surface area (TPSA) is 73.7 Å². The predicted octanol–water partition coefficient (Wildman–Crippen LogP) is 1.37. The van der Waals surface area contributed by atoms with Crippen molar-refractivity contribution in [3.63, 3.8) is 0 Å². The van der Waals surface area contributed by atoms with Crippen LogP contribution in [0.15, 0.2) is 42.0 Å². The highest BCUT2D eigenvalue weighted by Crippen LogP contribution is 2.01. The van der Waals surface area contributed by atoms with Crippen molar-refractivity contribution in [3.05, 3.63) is 48.0 Å². The lowest BCUT2D eigenvalue weighted by Gasteiger charge is -2.03. The molecule has 0 aliphatic heterocycles. The molecule has 0 unspecified atom stereocenters. The zero-order chi connectivity index (χ0) is 13.4. The van der Waals surface area contributed by atoms with Gasteiger partial charge in [-0.05, 0) is 29.9 Å². The molecule has 0 radical (unpaired) electrons. The first kappa shape index (κ1) is 13.9. The van der Waals surface area contributed by atoms with E-state index in [2.05, 4.69) is 22.4 Å². The van der Waals surface area contributed by atoms with E-state index in [1.807, 2.05) is 0 Å². The van der Waals surface area contributed by atoms with Gasteiger partial charge in [0.1, 0.15) is 0 Å². The first-order valence-electron chi connectivity index (χ1n) is 5.14. The first-order chi connectivity index (χ1) is 8.63. The van der Waals surface area contributed by atoms with Crippen LogP contribution >= 0.6 is 12.2 Å². The number of carboxylic acids is 1. The lowest BCUT2D eigenvalue weighted by molar-refractivity contribution is 0.0697. The molecule has 0 aliphatic carbocycles. The van der Waals surface area contributed by atoms with E-state index < -0.39 is 5.97 Å². The van der Waals surface area contributed by atoms with Crippen LogP contribution in [0.1, 0.15) is 15.9 Å². The van der Waals surface area contributed by atoms with Crippen molar-refractivity contribution >= 4 is 29.5 Å². The Labute approximate surface area is 110 Å². The van der Waals surface area contributed by atoms with Gasteiger partial charge in [0.05, 0.1) is 11.8 Å². The largest absolute Gasteiger partial charge is 0.478 e. The molecule has 1 aromatic rings. The molecule has 0 bridgehead atoms. The summed E-state index contributed by atoms with van der Waals surface area (Å²) in [5, 5.41) is 15.9. The molecule has 0 atom stereocenters. The molecule has 6 heteroatoms. The monoisotopic (exact) mass is 263 g/mol. The quantitative estimate of drug-likeness (QED) is 0.324. The van der Waals surface area contributed by atoms with Crippen molar-refractivity contribution in [2.24, 2.45) is 5.10 Å². The number of hydrogen-bond acceptors (Lipinski definition) is 3. The molecule has 94 valence electrons. The van der Waals surface area contributed by atoms with Gasteiger partial charge in [0.2, 0.25) is 0 Å². The summed E-state index contributed by atoms with van der Waals surface area (Å²) >= 11 is 4.93. The van der Waals surface area contributed by atoms with Gasteiger partial charge in [-0.15, -0.1) is 6.58 Å². The summed E-state index contributed by atoms with van der Waals surface area (Å²) in [5.41, 5.74) is 3.65. The third-order valence-electron chi connectivity index (χ3n) is 1.94. The zero-order valence-corrected chi connectivity index (χ0v) is 10.4. The average Bonchev–Trinajstić information content (AvgIpc) is 2.37. The molecule has 5 nitrogen and oxygen atoms in total. The number of thiocarbonyl (C=S) groups is 1. The highest BCUT2D eigenvalue weighted by Gasteiger charge is 2.00. The number of rotatable bonds is 5. The summed E-state index contributed by atoms with van der Waals surface area (Å²) in [4.78, 5) is 10.6. The predicted molar refractivity (Wildman–Crippen MR) is 74.9 cm³/mol. The molecular formula is C12H13N3O2S. The number of hydrogen-bond donors (Lipinski definition) is 3. The number of carboxylic acid groups (broad SMARTS) is 1. The summed E-state index contributed by atoms with van der Waals surface area (Å²) in [6.07, 6.45) is 3.23. The number of benzene rings is 1. The van der Waals surface area contributed by atoms with Crippen molar-refractivity contribution in [1.29, 1.82) is 0 Å². The SMILES string of the molecule is C=CCNC(=S)NN=Cc1ccc(C(=O)O)cc1. The van der Waals surface area contributed by atoms with Gasteiger partial charge in [-0.3, -0.25) is 5.43 Å². The van der Waals surface area contributed by atoms with E-state index in [0.717, 1.165) is 5.56 Å². The highest BCUT2D eigenvalue weighted by atomic mass is 32.1. The normalized spacial score (nSPS) is 10.0. The molecule has 0 fully saturated rings. The minimum absolute atomic E-state index is 0.239. The maximum Gasteiger partial charge on any atom is 0.335 e. The number of aromatic carboxylic acids is 1. The molecule has 0 amide bonds. The molecule has 1 rings (SSSR count). The number of hydrazone groups is 1. The van der Waals surface area contributed by atoms with Crippen molar-refractivity contribution in [2.75, 3.05) is 6.54 Å². The first-order valence-corrected chi connectivity index (χ1v) is 5.55. The minimum atomic E-state index is -0.952. The Bertz CT molecular complexity index is 469. The number of nitrogens with one attached hydrogen (secondary N) is 2. The Kier molecular flexibility index (Phi) is 5.53. The molecule has 0 aromatic heterocycles. The van der Waals surface area contributed by atoms with Crippen LogP contribution in [0.2, 0.25) is 0 Å². The Morgan fingerprint density at radius 3 is 2.67 bits per heavy atom. The smallest absolute Gasteiger partial charge is 0.335 e. The van der Waals surface area contributed by atoms with E-state index in [1.165, 1.54) is 12.1 Å². The zero-order valence-electron chi connectivity index (χ0n) is 9.59. The number of nitrogens with zero attached hydrogens (tertiary/aromatic N) is 1. The second kappa shape index (κ2) is 7.18. The molecule has 3 N–H and O–H groups in total. The molecule has 0 saturated heterocycles. The standard InChI is InChI=1S/C12H13N3O2S/c1-2-7-13-12(18)15-14-8-9-3-5-10(6-4-9)11(16)17/h2-6,8H,1,7H2,(H,16,17)(H2,13,15,18). The van der Waals surface area contributed by atoms with Gasteiger partial charge in [0.25, 0.3) is 0 Å². The van der Waals surface area contributed by atoms with Crippen LogP contribution in [0.25, 0.3) is 0 Å². The summed E-state index contributed by atoms with van der Waals surface area (Å²) in [7, 11) is 0. The molecule has 0 spiro atoms. The van der Waals surface area contributed by atoms with Crippen LogP contribution in [0.4, 0.5) is 0 Å². The fourth-order valence-corrected chi connectivity index (χ4v) is 1.22. The maximum absolute atomic E-state index is 10.6. The third kappa shape index (κ3) is 4.75. The van der Waals surface area contributed by atoms with Crippen LogP contribution < -0.4 is 10.7 Å². The molecule has 18 heavy (non-hydrogen) atoms. The van der Waals surface area contributed by atoms with Crippen molar-refractivity contribution in [2.45, 2.75) is 0 Å². The van der Waals surface area contributed by atoms with Crippen molar-refractivity contribution < 1.29 is 9.90 Å². The third-order valence-corrected chi connectivity index (χ3v) is 2.18. The summed E-state index contributed by atoms with van der Waals surface area (Å²) in [6, 6.07) is 6.35. The maximum atomic E-state index is 10.6. The van der Waals surface area contributed by atoms with E-state index in [0.29, 0.717) is 11.7 Å². The van der Waals surface area contributed by atoms with Crippen LogP contribution in [0, 0.1) is 0 Å². The van der Waals surface area contributed by atoms with Crippen molar-refractivity contribution in [3.8, 4) is 0 Å². The molecule has 0 aliphatic rings. The van der Waals surface area contributed by atoms with E-state index in [1.54, 1.807) is 24.4 Å². The molecular weight excluding hydrogens is 250 g/mol. The second-order valence-corrected chi connectivity index (χ2v) is 3.70. The lowest BCUT2D eigenvalue weighted by atomic mass is 10.1. The Morgan fingerprint density at radius 1 is 1.44 bits per heavy atom. The molecule has 0 saturated carbocycles. The fraction of sp³-hybridized carbons (Fsp3) is 0.0833. The molecule has 0 heterocycles. The van der Waals surface area contributed by atoms with Gasteiger partial charge < -0.3 is 10.4 Å². The van der Waals surface area contributed by atoms with Gasteiger partial charge in [-0.25, -0.2) is 4.79 Å². The Morgan fingerprint density at radius 2 is 2.11 bits per heavy atom. The van der Waals surface area contributed by atoms with E-state index >= 15 is 0 Å². The van der Waals surface area contributed by atoms with E-state index in [9.17, 15) is 4.79 Å². The van der Waals surface area contributed by atoms with Gasteiger partial charge >= 0.3 is 5.97 Å². The summed E-state index contributed by atoms with van der Waals surface area (Å²) < 4.78 is 0. The van der Waals surface area contributed by atoms with E-state index in [4.69, 9.17) is 17.3 Å². The summed E-state index contributed by atoms with van der Waals surface area (Å²) in [6.45, 7) is 4.11. The van der Waals surface area contributed by atoms with Gasteiger partial charge in [0, 0.05) is 6.54 Å². The van der Waals surface area contributed by atoms with Crippen LogP contribution in [0.5, 0.6) is 0 Å². The lowest BCUT2D eigenvalue weighted by Crippen LogP contribution is -2.31. The van der Waals surface area contributed by atoms with E-state index in [-0.39, 0.29) is 5.56 Å². The molecule has 1 aromatic carbocycles. The van der Waals surface area contributed by atoms with Crippen molar-refractivity contribution in [1.82, 2.24) is 10.7 Å². The highest BCUT2D eigenvalue weighted by molar-refractivity contribution is 7.80. The second-order valence-electron chi connectivity index (χ2n) is 3.30. The Balaban J connectivity index is 2.49. The average molecular weight is 263 g/mol. The van der Waals surface area contributed by atoms with Gasteiger partial charge in [0.15, 0.2) is 5.11 Å². The Hall–Kier alpha value is -2.21. The van der Waals surface area contributed by atoms with Crippen LogP contribution in [-0.4, -0.2) is 28.9 Å².